The number of amides is 2. The van der Waals surface area contributed by atoms with E-state index in [9.17, 15) is 9.59 Å². The smallest absolute Gasteiger partial charge is 0.411 e. The Kier molecular flexibility index (Phi) is 7.91. The average Bonchev–Trinajstić information content (AvgIpc) is 3.14. The Balaban J connectivity index is 1.85. The molecular weight excluding hydrogens is 446 g/mol. The lowest BCUT2D eigenvalue weighted by molar-refractivity contribution is -0.124. The highest BCUT2D eigenvalue weighted by molar-refractivity contribution is 6.55. The number of hydrogen-bond donors (Lipinski definition) is 2. The summed E-state index contributed by atoms with van der Waals surface area (Å²) in [5.41, 5.74) is 0.243. The number of nitrogens with one attached hydrogen (secondary N) is 2. The van der Waals surface area contributed by atoms with Crippen LogP contribution in [0.25, 0.3) is 0 Å². The zero-order valence-electron chi connectivity index (χ0n) is 15.7. The quantitative estimate of drug-likeness (QED) is 0.514. The van der Waals surface area contributed by atoms with Gasteiger partial charge in [0, 0.05) is 5.69 Å². The van der Waals surface area contributed by atoms with Gasteiger partial charge in [-0.15, -0.1) is 0 Å². The van der Waals surface area contributed by atoms with E-state index >= 15 is 0 Å². The lowest BCUT2D eigenvalue weighted by Crippen LogP contribution is -2.40. The second kappa shape index (κ2) is 9.57. The van der Waals surface area contributed by atoms with Crippen LogP contribution in [-0.4, -0.2) is 24.6 Å². The molecule has 0 aliphatic heterocycles. The van der Waals surface area contributed by atoms with E-state index in [1.165, 1.54) is 6.07 Å². The summed E-state index contributed by atoms with van der Waals surface area (Å²) in [4.78, 5) is 24.6. The normalized spacial score (nSPS) is 20.7. The minimum atomic E-state index is -0.646. The molecule has 3 atom stereocenters. The molecule has 154 valence electrons. The van der Waals surface area contributed by atoms with Crippen molar-refractivity contribution in [2.24, 2.45) is 17.3 Å². The first-order valence-electron chi connectivity index (χ1n) is 8.78. The minimum absolute atomic E-state index is 0.0196. The van der Waals surface area contributed by atoms with Crippen LogP contribution in [0.15, 0.2) is 28.8 Å². The van der Waals surface area contributed by atoms with E-state index < -0.39 is 6.09 Å². The molecule has 2 amide bonds. The van der Waals surface area contributed by atoms with Gasteiger partial charge >= 0.3 is 6.09 Å². The van der Waals surface area contributed by atoms with Gasteiger partial charge in [-0.2, -0.15) is 0 Å². The Labute approximate surface area is 184 Å². The van der Waals surface area contributed by atoms with Crippen LogP contribution in [0.2, 0.25) is 10.0 Å². The van der Waals surface area contributed by atoms with Crippen LogP contribution in [0.4, 0.5) is 10.5 Å². The molecule has 0 saturated heterocycles. The molecular formula is C19H22Cl4N2O3. The van der Waals surface area contributed by atoms with E-state index in [0.717, 1.165) is 0 Å². The fourth-order valence-corrected chi connectivity index (χ4v) is 3.65. The molecule has 1 aromatic carbocycles. The zero-order chi connectivity index (χ0) is 21.1. The van der Waals surface area contributed by atoms with E-state index in [4.69, 9.17) is 51.1 Å². The molecule has 0 heterocycles. The Bertz CT molecular complexity index is 778. The van der Waals surface area contributed by atoms with Crippen molar-refractivity contribution >= 4 is 64.1 Å². The van der Waals surface area contributed by atoms with Crippen molar-refractivity contribution in [1.29, 1.82) is 0 Å². The Morgan fingerprint density at radius 3 is 2.50 bits per heavy atom. The summed E-state index contributed by atoms with van der Waals surface area (Å²) < 4.78 is 5.37. The summed E-state index contributed by atoms with van der Waals surface area (Å²) in [6, 6.07) is 4.40. The first-order chi connectivity index (χ1) is 13.1. The van der Waals surface area contributed by atoms with Gasteiger partial charge in [-0.1, -0.05) is 67.2 Å². The highest BCUT2D eigenvalue weighted by Gasteiger charge is 2.60. The fourth-order valence-electron chi connectivity index (χ4n) is 3.08. The topological polar surface area (TPSA) is 67.4 Å². The summed E-state index contributed by atoms with van der Waals surface area (Å²) in [5, 5.41) is 6.21. The third-order valence-corrected chi connectivity index (χ3v) is 5.91. The van der Waals surface area contributed by atoms with Crippen LogP contribution in [0.5, 0.6) is 0 Å². The molecule has 28 heavy (non-hydrogen) atoms. The van der Waals surface area contributed by atoms with Crippen molar-refractivity contribution in [2.75, 3.05) is 11.9 Å². The van der Waals surface area contributed by atoms with Gasteiger partial charge in [-0.3, -0.25) is 10.1 Å². The lowest BCUT2D eigenvalue weighted by Gasteiger charge is -2.18. The van der Waals surface area contributed by atoms with Gasteiger partial charge in [0.15, 0.2) is 0 Å². The van der Waals surface area contributed by atoms with Crippen LogP contribution in [0, 0.1) is 17.3 Å². The van der Waals surface area contributed by atoms with E-state index in [1.54, 1.807) is 18.2 Å². The summed E-state index contributed by atoms with van der Waals surface area (Å²) in [6.07, 6.45) is 1.65. The highest BCUT2D eigenvalue weighted by atomic mass is 35.5. The second-order valence-corrected chi connectivity index (χ2v) is 9.07. The standard InChI is InChI=1S/C19H22Cl4N2O3/c1-4-10(24-17(26)16-12(8-15(22)23)19(16,2)3)9-28-18(27)25-11-5-6-13(20)14(21)7-11/h5-8,10,12,16H,4,9H2,1-3H3,(H,24,26)(H,25,27)/t10-,12-,16-/m1/s1. The molecule has 0 radical (unpaired) electrons. The molecule has 1 aliphatic rings. The van der Waals surface area contributed by atoms with E-state index in [-0.39, 0.29) is 40.3 Å². The molecule has 9 heteroatoms. The summed E-state index contributed by atoms with van der Waals surface area (Å²) in [6.45, 7) is 5.91. The molecule has 0 aromatic heterocycles. The summed E-state index contributed by atoms with van der Waals surface area (Å²) >= 11 is 23.2. The van der Waals surface area contributed by atoms with Gasteiger partial charge in [0.05, 0.1) is 22.0 Å². The molecule has 1 aromatic rings. The number of benzene rings is 1. The van der Waals surface area contributed by atoms with Crippen molar-refractivity contribution < 1.29 is 14.3 Å². The SMILES string of the molecule is CC[C@H](COC(=O)Nc1ccc(Cl)c(Cl)c1)NC(=O)[C@H]1[C@@H](C=C(Cl)Cl)C1(C)C. The average molecular weight is 468 g/mol. The van der Waals surface area contributed by atoms with Crippen LogP contribution < -0.4 is 10.6 Å². The molecule has 0 bridgehead atoms. The molecule has 0 unspecified atom stereocenters. The van der Waals surface area contributed by atoms with Crippen LogP contribution in [0.1, 0.15) is 27.2 Å². The van der Waals surface area contributed by atoms with Gasteiger partial charge in [0.1, 0.15) is 11.1 Å². The molecule has 5 nitrogen and oxygen atoms in total. The predicted octanol–water partition coefficient (Wildman–Crippen LogP) is 6.03. The fraction of sp³-hybridized carbons (Fsp3) is 0.474. The number of hydrogen-bond acceptors (Lipinski definition) is 3. The first-order valence-corrected chi connectivity index (χ1v) is 10.3. The molecule has 1 fully saturated rings. The highest BCUT2D eigenvalue weighted by Crippen LogP contribution is 2.59. The number of carbonyl (C=O) groups excluding carboxylic acids is 2. The third-order valence-electron chi connectivity index (χ3n) is 4.92. The van der Waals surface area contributed by atoms with Gasteiger partial charge in [-0.25, -0.2) is 4.79 Å². The maximum Gasteiger partial charge on any atom is 0.411 e. The summed E-state index contributed by atoms with van der Waals surface area (Å²) in [5.74, 6) is -0.353. The van der Waals surface area contributed by atoms with E-state index in [2.05, 4.69) is 10.6 Å². The van der Waals surface area contributed by atoms with E-state index in [0.29, 0.717) is 22.2 Å². The van der Waals surface area contributed by atoms with Crippen LogP contribution in [-0.2, 0) is 9.53 Å². The second-order valence-electron chi connectivity index (χ2n) is 7.25. The molecule has 1 aliphatic carbocycles. The third kappa shape index (κ3) is 5.93. The Hall–Kier alpha value is -1.14. The Morgan fingerprint density at radius 1 is 1.25 bits per heavy atom. The van der Waals surface area contributed by atoms with E-state index in [1.807, 2.05) is 20.8 Å². The van der Waals surface area contributed by atoms with Crippen molar-refractivity contribution in [1.82, 2.24) is 5.32 Å². The minimum Gasteiger partial charge on any atom is -0.447 e. The molecule has 0 spiro atoms. The summed E-state index contributed by atoms with van der Waals surface area (Å²) in [7, 11) is 0. The lowest BCUT2D eigenvalue weighted by atomic mass is 10.1. The predicted molar refractivity (Wildman–Crippen MR) is 114 cm³/mol. The van der Waals surface area contributed by atoms with Crippen LogP contribution >= 0.6 is 46.4 Å². The van der Waals surface area contributed by atoms with Crippen molar-refractivity contribution in [3.63, 3.8) is 0 Å². The first kappa shape index (κ1) is 23.1. The number of ether oxygens (including phenoxy) is 1. The van der Waals surface area contributed by atoms with Crippen molar-refractivity contribution in [3.8, 4) is 0 Å². The van der Waals surface area contributed by atoms with Gasteiger partial charge in [-0.05, 0) is 42.0 Å². The zero-order valence-corrected chi connectivity index (χ0v) is 18.7. The Morgan fingerprint density at radius 2 is 1.93 bits per heavy atom. The van der Waals surface area contributed by atoms with Crippen molar-refractivity contribution in [2.45, 2.75) is 33.2 Å². The van der Waals surface area contributed by atoms with Crippen molar-refractivity contribution in [3.05, 3.63) is 38.8 Å². The molecule has 2 rings (SSSR count). The number of halogens is 4. The maximum atomic E-state index is 12.6. The van der Waals surface area contributed by atoms with Gasteiger partial charge in [0.25, 0.3) is 0 Å². The van der Waals surface area contributed by atoms with Crippen LogP contribution in [0.3, 0.4) is 0 Å². The number of rotatable bonds is 7. The maximum absolute atomic E-state index is 12.6. The number of carbonyl (C=O) groups is 2. The number of allylic oxidation sites excluding steroid dienone is 1. The monoisotopic (exact) mass is 466 g/mol. The molecule has 1 saturated carbocycles. The van der Waals surface area contributed by atoms with Gasteiger partial charge in [0.2, 0.25) is 5.91 Å². The largest absolute Gasteiger partial charge is 0.447 e. The molecule has 2 N–H and O–H groups in total. The number of anilines is 1. The van der Waals surface area contributed by atoms with Gasteiger partial charge < -0.3 is 10.1 Å².